The first-order valence-electron chi connectivity index (χ1n) is 22.0. The number of benzene rings is 2. The number of methoxy groups -OCH3 is 4. The molecule has 0 bridgehead atoms. The number of hydrogen-bond acceptors (Lipinski definition) is 16. The van der Waals surface area contributed by atoms with Crippen LogP contribution >= 0.6 is 0 Å². The van der Waals surface area contributed by atoms with Crippen LogP contribution in [0.3, 0.4) is 0 Å². The highest BCUT2D eigenvalue weighted by atomic mass is 19.1. The Kier molecular flexibility index (Phi) is 15.7. The van der Waals surface area contributed by atoms with E-state index < -0.39 is 58.8 Å². The van der Waals surface area contributed by atoms with E-state index >= 15 is 17.6 Å². The van der Waals surface area contributed by atoms with Crippen LogP contribution in [0.4, 0.5) is 62.1 Å². The Bertz CT molecular complexity index is 2240. The van der Waals surface area contributed by atoms with E-state index in [0.29, 0.717) is 48.4 Å². The van der Waals surface area contributed by atoms with Crippen LogP contribution in [-0.4, -0.2) is 131 Å². The quantitative estimate of drug-likeness (QED) is 0.0823. The molecule has 0 atom stereocenters. The minimum absolute atomic E-state index is 0.122. The fourth-order valence-corrected chi connectivity index (χ4v) is 8.71. The lowest BCUT2D eigenvalue weighted by Gasteiger charge is -2.39. The van der Waals surface area contributed by atoms with Gasteiger partial charge in [-0.15, -0.1) is 0 Å². The summed E-state index contributed by atoms with van der Waals surface area (Å²) in [5.41, 5.74) is -0.167. The summed E-state index contributed by atoms with van der Waals surface area (Å²) >= 11 is 0. The molecule has 4 heterocycles. The highest BCUT2D eigenvalue weighted by Crippen LogP contribution is 2.44. The molecule has 2 aliphatic carbocycles. The Morgan fingerprint density at radius 1 is 0.574 bits per heavy atom. The SMILES string of the molecule is COc1cc(OC)c(F)c(N2Cc3cnc(NC(CO)CO)nc3N(C3CCCC3)C2=O)c1F.COc1cc(OC)c(F)c(N2Cc3cnc(NC(CO)CO)nc3N(C3CCCC3)C2=O)c1F. The van der Waals surface area contributed by atoms with Crippen molar-refractivity contribution in [2.75, 3.05) is 85.1 Å². The van der Waals surface area contributed by atoms with Crippen molar-refractivity contribution in [2.24, 2.45) is 0 Å². The first kappa shape index (κ1) is 49.4. The van der Waals surface area contributed by atoms with E-state index in [-0.39, 0.29) is 86.5 Å². The largest absolute Gasteiger partial charge is 0.493 e. The fourth-order valence-electron chi connectivity index (χ4n) is 8.71. The molecule has 2 saturated carbocycles. The summed E-state index contributed by atoms with van der Waals surface area (Å²) < 4.78 is 81.1. The number of anilines is 6. The van der Waals surface area contributed by atoms with Crippen molar-refractivity contribution in [3.05, 3.63) is 58.9 Å². The number of hydrogen-bond donors (Lipinski definition) is 6. The van der Waals surface area contributed by atoms with Crippen molar-refractivity contribution in [1.29, 1.82) is 0 Å². The maximum atomic E-state index is 15.3. The van der Waals surface area contributed by atoms with Crippen LogP contribution in [0.2, 0.25) is 0 Å². The van der Waals surface area contributed by atoms with Gasteiger partial charge in [0.2, 0.25) is 11.9 Å². The molecule has 4 aromatic rings. The maximum absolute atomic E-state index is 15.3. The Balaban J connectivity index is 0.000000201. The van der Waals surface area contributed by atoms with Crippen molar-refractivity contribution in [1.82, 2.24) is 19.9 Å². The third-order valence-electron chi connectivity index (χ3n) is 12.2. The first-order valence-corrected chi connectivity index (χ1v) is 22.0. The molecule has 8 rings (SSSR count). The average Bonchev–Trinajstić information content (AvgIpc) is 4.09. The first-order chi connectivity index (χ1) is 32.9. The van der Waals surface area contributed by atoms with E-state index in [9.17, 15) is 30.0 Å². The highest BCUT2D eigenvalue weighted by molar-refractivity contribution is 6.07. The summed E-state index contributed by atoms with van der Waals surface area (Å²) in [6, 6.07) is -0.849. The van der Waals surface area contributed by atoms with Crippen LogP contribution in [0.1, 0.15) is 62.5 Å². The van der Waals surface area contributed by atoms with E-state index in [1.54, 1.807) is 0 Å². The van der Waals surface area contributed by atoms with Gasteiger partial charge in [-0.2, -0.15) is 9.97 Å². The number of nitrogens with zero attached hydrogens (tertiary/aromatic N) is 8. The number of amides is 4. The molecule has 6 N–H and O–H groups in total. The van der Waals surface area contributed by atoms with Gasteiger partial charge in [0.25, 0.3) is 0 Å². The van der Waals surface area contributed by atoms with Gasteiger partial charge in [0.1, 0.15) is 23.0 Å². The van der Waals surface area contributed by atoms with Crippen LogP contribution in [0.5, 0.6) is 23.0 Å². The van der Waals surface area contributed by atoms with E-state index in [0.717, 1.165) is 47.6 Å². The van der Waals surface area contributed by atoms with Crippen molar-refractivity contribution >= 4 is 47.0 Å². The molecule has 20 nitrogen and oxygen atoms in total. The van der Waals surface area contributed by atoms with Crippen LogP contribution < -0.4 is 49.2 Å². The second-order valence-corrected chi connectivity index (χ2v) is 16.4. The van der Waals surface area contributed by atoms with Gasteiger partial charge in [-0.3, -0.25) is 19.6 Å². The lowest BCUT2D eigenvalue weighted by molar-refractivity contribution is 0.203. The second kappa shape index (κ2) is 21.6. The number of fused-ring (bicyclic) bond motifs is 2. The van der Waals surface area contributed by atoms with E-state index in [4.69, 9.17) is 18.9 Å². The molecule has 24 heteroatoms. The molecule has 4 amide bonds. The molecule has 2 aromatic carbocycles. The topological polar surface area (TPSA) is 241 Å². The molecule has 0 spiro atoms. The zero-order valence-electron chi connectivity index (χ0n) is 37.8. The van der Waals surface area contributed by atoms with Crippen molar-refractivity contribution in [2.45, 2.75) is 88.6 Å². The average molecular weight is 959 g/mol. The van der Waals surface area contributed by atoms with Crippen molar-refractivity contribution in [3.63, 3.8) is 0 Å². The maximum Gasteiger partial charge on any atom is 0.330 e. The molecule has 0 radical (unpaired) electrons. The normalized spacial score (nSPS) is 16.3. The summed E-state index contributed by atoms with van der Waals surface area (Å²) in [7, 11) is 4.97. The van der Waals surface area contributed by atoms with Crippen molar-refractivity contribution < 1.29 is 66.5 Å². The summed E-state index contributed by atoms with van der Waals surface area (Å²) in [5, 5.41) is 43.0. The Labute approximate surface area is 388 Å². The van der Waals surface area contributed by atoms with E-state index in [2.05, 4.69) is 30.6 Å². The van der Waals surface area contributed by atoms with Crippen LogP contribution in [-0.2, 0) is 13.1 Å². The smallest absolute Gasteiger partial charge is 0.330 e. The van der Waals surface area contributed by atoms with Gasteiger partial charge in [-0.05, 0) is 25.7 Å². The molecule has 2 fully saturated rings. The van der Waals surface area contributed by atoms with Crippen LogP contribution in [0.25, 0.3) is 0 Å². The lowest BCUT2D eigenvalue weighted by atomic mass is 10.1. The minimum atomic E-state index is -1.02. The van der Waals surface area contributed by atoms with Gasteiger partial charge >= 0.3 is 12.1 Å². The summed E-state index contributed by atoms with van der Waals surface area (Å²) in [6.07, 6.45) is 9.43. The number of halogens is 4. The van der Waals surface area contributed by atoms with Crippen LogP contribution in [0, 0.1) is 23.3 Å². The van der Waals surface area contributed by atoms with Crippen LogP contribution in [0.15, 0.2) is 24.5 Å². The third-order valence-corrected chi connectivity index (χ3v) is 12.2. The number of carbonyl (C=O) groups is 2. The standard InChI is InChI=1S/2C22H27F2N5O5/c2*1-33-15-7-16(34-2)18(24)19(17(15)23)28-9-12-8-25-21(26-13(10-30)11-31)27-20(12)29(22(28)32)14-5-3-4-6-14/h2*7-8,13-14,30-31H,3-6,9-11H2,1-2H3,(H,25,26,27). The molecular weight excluding hydrogens is 905 g/mol. The third kappa shape index (κ3) is 9.62. The molecule has 68 heavy (non-hydrogen) atoms. The summed E-state index contributed by atoms with van der Waals surface area (Å²) in [5.74, 6) is -4.19. The Morgan fingerprint density at radius 3 is 1.16 bits per heavy atom. The molecular formula is C44H54F4N10O10. The number of rotatable bonds is 16. The second-order valence-electron chi connectivity index (χ2n) is 16.4. The lowest BCUT2D eigenvalue weighted by Crippen LogP contribution is -2.52. The Hall–Kier alpha value is -6.50. The number of urea groups is 2. The number of aromatic nitrogens is 4. The monoisotopic (exact) mass is 958 g/mol. The minimum Gasteiger partial charge on any atom is -0.493 e. The molecule has 0 saturated heterocycles. The zero-order chi connectivity index (χ0) is 48.8. The van der Waals surface area contributed by atoms with Gasteiger partial charge in [0.15, 0.2) is 46.3 Å². The van der Waals surface area contributed by atoms with Gasteiger partial charge in [-0.25, -0.2) is 37.1 Å². The predicted molar refractivity (Wildman–Crippen MR) is 239 cm³/mol. The number of aliphatic hydroxyl groups is 4. The molecule has 2 aromatic heterocycles. The van der Waals surface area contributed by atoms with Gasteiger partial charge < -0.3 is 50.0 Å². The summed E-state index contributed by atoms with van der Waals surface area (Å²) in [4.78, 5) is 49.7. The zero-order valence-corrected chi connectivity index (χ0v) is 37.8. The molecule has 368 valence electrons. The summed E-state index contributed by atoms with van der Waals surface area (Å²) in [6.45, 7) is -1.71. The molecule has 2 aliphatic heterocycles. The molecule has 4 aliphatic rings. The van der Waals surface area contributed by atoms with Gasteiger partial charge in [0, 0.05) is 47.7 Å². The number of carbonyl (C=O) groups excluding carboxylic acids is 2. The van der Waals surface area contributed by atoms with Crippen molar-refractivity contribution in [3.8, 4) is 23.0 Å². The number of aliphatic hydroxyl groups excluding tert-OH is 4. The van der Waals surface area contributed by atoms with Gasteiger partial charge in [0.05, 0.1) is 80.0 Å². The number of nitrogens with one attached hydrogen (secondary N) is 2. The fraction of sp³-hybridized carbons (Fsp3) is 0.500. The predicted octanol–water partition coefficient (Wildman–Crippen LogP) is 4.85. The molecule has 0 unspecified atom stereocenters. The van der Waals surface area contributed by atoms with E-state index in [1.165, 1.54) is 50.6 Å². The Morgan fingerprint density at radius 2 is 0.882 bits per heavy atom. The van der Waals surface area contributed by atoms with Gasteiger partial charge in [-0.1, -0.05) is 25.7 Å². The number of ether oxygens (including phenoxy) is 4. The van der Waals surface area contributed by atoms with E-state index in [1.807, 2.05) is 0 Å². The highest BCUT2D eigenvalue weighted by Gasteiger charge is 2.43.